The normalized spacial score (nSPS) is 20.0. The van der Waals surface area contributed by atoms with Crippen molar-refractivity contribution in [2.75, 3.05) is 20.0 Å². The molecule has 320 valence electrons. The second-order valence-corrected chi connectivity index (χ2v) is 16.6. The topological polar surface area (TPSA) is 162 Å². The van der Waals surface area contributed by atoms with Gasteiger partial charge in [0.2, 0.25) is 0 Å². The van der Waals surface area contributed by atoms with Gasteiger partial charge in [0.15, 0.2) is 12.2 Å². The number of aliphatic hydroxyl groups is 3. The van der Waals surface area contributed by atoms with Gasteiger partial charge in [-0.15, -0.1) is 0 Å². The predicted molar refractivity (Wildman–Crippen MR) is 229 cm³/mol. The minimum absolute atomic E-state index is 0.00759. The van der Waals surface area contributed by atoms with Crippen molar-refractivity contribution in [1.82, 2.24) is 0 Å². The van der Waals surface area contributed by atoms with Crippen LogP contribution in [0.15, 0.2) is 111 Å². The van der Waals surface area contributed by atoms with E-state index >= 15 is 0 Å². The third kappa shape index (κ3) is 10.1. The lowest BCUT2D eigenvalue weighted by molar-refractivity contribution is -0.188. The second kappa shape index (κ2) is 19.4. The highest BCUT2D eigenvalue weighted by molar-refractivity contribution is 5.90. The number of fused-ring (bicyclic) bond motifs is 13. The lowest BCUT2D eigenvalue weighted by atomic mass is 9.86. The number of carbonyl (C=O) groups excluding carboxylic acids is 2. The molecule has 1 aromatic heterocycles. The highest BCUT2D eigenvalue weighted by Crippen LogP contribution is 2.47. The predicted octanol–water partition coefficient (Wildman–Crippen LogP) is 7.19. The molecule has 3 aliphatic rings. The Kier molecular flexibility index (Phi) is 13.8. The van der Waals surface area contributed by atoms with E-state index in [9.17, 15) is 24.6 Å². The average molecular weight is 831 g/mol. The molecule has 61 heavy (non-hydrogen) atoms. The molecule has 8 rings (SSSR count). The number of hydrogen-bond acceptors (Lipinski definition) is 11. The van der Waals surface area contributed by atoms with Crippen LogP contribution in [0.5, 0.6) is 5.75 Å². The van der Waals surface area contributed by atoms with E-state index in [0.717, 1.165) is 24.0 Å². The molecule has 0 spiro atoms. The number of rotatable bonds is 11. The van der Waals surface area contributed by atoms with Gasteiger partial charge in [-0.1, -0.05) is 78.9 Å². The van der Waals surface area contributed by atoms with Gasteiger partial charge in [0.05, 0.1) is 25.4 Å². The SMILES string of the molecule is CC(CO)=C1CCc2ccc(cc2)C[C@H](CCc2cccc(Cc3ccccc3)c2)CC(=O)O[C@H]2c3c(ccc4c(CO)c(CCOCO)c(=O)oc34)OC(C)(C)[C@H]2OC1=O. The number of ether oxygens (including phenoxy) is 4. The molecular weight excluding hydrogens is 777 g/mol. The molecule has 3 N–H and O–H groups in total. The van der Waals surface area contributed by atoms with E-state index < -0.39 is 48.8 Å². The number of benzene rings is 4. The van der Waals surface area contributed by atoms with E-state index in [1.165, 1.54) is 16.7 Å². The summed E-state index contributed by atoms with van der Waals surface area (Å²) in [5.74, 6) is -1.11. The van der Waals surface area contributed by atoms with Crippen molar-refractivity contribution < 1.29 is 48.3 Å². The van der Waals surface area contributed by atoms with Gasteiger partial charge in [-0.25, -0.2) is 9.59 Å². The van der Waals surface area contributed by atoms with Crippen LogP contribution in [-0.2, 0) is 62.5 Å². The van der Waals surface area contributed by atoms with Gasteiger partial charge in [-0.05, 0) is 116 Å². The summed E-state index contributed by atoms with van der Waals surface area (Å²) < 4.78 is 30.4. The number of carbonyl (C=O) groups is 2. The van der Waals surface area contributed by atoms with Crippen LogP contribution < -0.4 is 10.4 Å². The first-order valence-electron chi connectivity index (χ1n) is 21.0. The number of aliphatic hydroxyl groups excluding tert-OH is 3. The Morgan fingerprint density at radius 2 is 1.52 bits per heavy atom. The van der Waals surface area contributed by atoms with E-state index in [2.05, 4.69) is 48.5 Å². The Hall–Kier alpha value is -5.59. The monoisotopic (exact) mass is 830 g/mol. The molecule has 0 aliphatic carbocycles. The summed E-state index contributed by atoms with van der Waals surface area (Å²) in [7, 11) is 0. The lowest BCUT2D eigenvalue weighted by Gasteiger charge is -2.43. The largest absolute Gasteiger partial charge is 0.483 e. The maximum atomic E-state index is 14.5. The fourth-order valence-corrected chi connectivity index (χ4v) is 8.60. The van der Waals surface area contributed by atoms with Crippen LogP contribution in [0, 0.1) is 5.92 Å². The van der Waals surface area contributed by atoms with Gasteiger partial charge >= 0.3 is 17.6 Å². The second-order valence-electron chi connectivity index (χ2n) is 16.6. The molecule has 11 nitrogen and oxygen atoms in total. The molecule has 2 bridgehead atoms. The molecule has 0 amide bonds. The van der Waals surface area contributed by atoms with Gasteiger partial charge < -0.3 is 38.7 Å². The summed E-state index contributed by atoms with van der Waals surface area (Å²) in [6, 6.07) is 30.4. The van der Waals surface area contributed by atoms with E-state index in [0.29, 0.717) is 35.8 Å². The molecule has 0 radical (unpaired) electrons. The Bertz CT molecular complexity index is 2430. The van der Waals surface area contributed by atoms with Gasteiger partial charge in [0.25, 0.3) is 0 Å². The average Bonchev–Trinajstić information content (AvgIpc) is 3.24. The molecule has 0 saturated carbocycles. The van der Waals surface area contributed by atoms with Crippen molar-refractivity contribution in [2.24, 2.45) is 5.92 Å². The van der Waals surface area contributed by atoms with Crippen LogP contribution in [0.2, 0.25) is 0 Å². The maximum Gasteiger partial charge on any atom is 0.339 e. The van der Waals surface area contributed by atoms with Crippen LogP contribution in [0.4, 0.5) is 0 Å². The quantitative estimate of drug-likeness (QED) is 0.0406. The number of esters is 2. The zero-order valence-electron chi connectivity index (χ0n) is 35.0. The lowest BCUT2D eigenvalue weighted by Crippen LogP contribution is -2.52. The van der Waals surface area contributed by atoms with E-state index in [4.69, 9.17) is 28.5 Å². The first kappa shape index (κ1) is 43.5. The van der Waals surface area contributed by atoms with E-state index in [1.807, 2.05) is 30.3 Å². The van der Waals surface area contributed by atoms with Crippen LogP contribution in [0.1, 0.15) is 90.6 Å². The minimum atomic E-state index is -1.30. The number of hydrogen-bond donors (Lipinski definition) is 3. The molecule has 3 atom stereocenters. The first-order chi connectivity index (χ1) is 29.5. The zero-order valence-corrected chi connectivity index (χ0v) is 35.0. The third-order valence-corrected chi connectivity index (χ3v) is 11.9. The highest BCUT2D eigenvalue weighted by Gasteiger charge is 2.50. The Balaban J connectivity index is 1.28. The van der Waals surface area contributed by atoms with Gasteiger partial charge in [0, 0.05) is 29.4 Å². The summed E-state index contributed by atoms with van der Waals surface area (Å²) >= 11 is 0. The maximum absolute atomic E-state index is 14.5. The van der Waals surface area contributed by atoms with Crippen LogP contribution >= 0.6 is 0 Å². The molecule has 0 unspecified atom stereocenters. The third-order valence-electron chi connectivity index (χ3n) is 11.9. The molecule has 0 fully saturated rings. The fourth-order valence-electron chi connectivity index (χ4n) is 8.60. The molecule has 11 heteroatoms. The van der Waals surface area contributed by atoms with Crippen molar-refractivity contribution in [3.05, 3.63) is 157 Å². The van der Waals surface area contributed by atoms with Crippen molar-refractivity contribution in [2.45, 2.75) is 96.6 Å². The molecule has 5 aromatic rings. The van der Waals surface area contributed by atoms with Crippen molar-refractivity contribution in [3.8, 4) is 5.75 Å². The van der Waals surface area contributed by atoms with E-state index in [-0.39, 0.29) is 66.4 Å². The van der Waals surface area contributed by atoms with E-state index in [1.54, 1.807) is 32.9 Å². The standard InChI is InChI=1S/C50H54O11/c1-31(28-51)38-19-18-32-12-14-35(15-13-32)26-37(17-16-34-10-7-11-36(25-34)24-33-8-5-4-6-9-33)27-43(54)58-46-44-42(61-50(2,3)47(46)60-48(38)55)21-20-39-41(29-52)40(22-23-57-30-53)49(56)59-45(39)44/h4-15,20-21,25,37,46-47,51-53H,16-19,22-24,26-30H2,1-3H3/t37-,46-,47-/m0/s1. The summed E-state index contributed by atoms with van der Waals surface area (Å²) in [5.41, 5.74) is 5.10. The molecule has 4 heterocycles. The Morgan fingerprint density at radius 3 is 2.26 bits per heavy atom. The van der Waals surface area contributed by atoms with Gasteiger partial charge in [-0.3, -0.25) is 4.79 Å². The Morgan fingerprint density at radius 1 is 0.787 bits per heavy atom. The van der Waals surface area contributed by atoms with Crippen LogP contribution in [0.3, 0.4) is 0 Å². The van der Waals surface area contributed by atoms with Crippen molar-refractivity contribution in [1.29, 1.82) is 0 Å². The zero-order chi connectivity index (χ0) is 43.1. The summed E-state index contributed by atoms with van der Waals surface area (Å²) in [6.45, 7) is 3.73. The van der Waals surface area contributed by atoms with Gasteiger partial charge in [0.1, 0.15) is 23.7 Å². The molecule has 0 saturated heterocycles. The summed E-state index contributed by atoms with van der Waals surface area (Å²) in [5, 5.41) is 30.3. The minimum Gasteiger partial charge on any atom is -0.483 e. The Labute approximate surface area is 355 Å². The molecule has 4 aromatic carbocycles. The van der Waals surface area contributed by atoms with Crippen molar-refractivity contribution in [3.63, 3.8) is 0 Å². The van der Waals surface area contributed by atoms with Crippen LogP contribution in [-0.4, -0.2) is 59.0 Å². The molecule has 3 aliphatic heterocycles. The molecular formula is C50H54O11. The first-order valence-corrected chi connectivity index (χ1v) is 21.0. The van der Waals surface area contributed by atoms with Crippen molar-refractivity contribution >= 4 is 22.9 Å². The fraction of sp³-hybridized carbons (Fsp3) is 0.380. The van der Waals surface area contributed by atoms with Crippen LogP contribution in [0.25, 0.3) is 11.0 Å². The summed E-state index contributed by atoms with van der Waals surface area (Å²) in [4.78, 5) is 42.4. The highest BCUT2D eigenvalue weighted by atomic mass is 16.6. The smallest absolute Gasteiger partial charge is 0.339 e. The summed E-state index contributed by atoms with van der Waals surface area (Å²) in [6.07, 6.45) is 1.22. The number of aryl methyl sites for hydroxylation is 2. The van der Waals surface area contributed by atoms with Gasteiger partial charge in [-0.2, -0.15) is 0 Å².